The highest BCUT2D eigenvalue weighted by molar-refractivity contribution is 14.1. The first-order chi connectivity index (χ1) is 6.84. The molecule has 1 nitrogen and oxygen atoms in total. The summed E-state index contributed by atoms with van der Waals surface area (Å²) in [7, 11) is 0. The molecular weight excluding hydrogens is 285 g/mol. The fourth-order valence-corrected chi connectivity index (χ4v) is 2.06. The van der Waals surface area contributed by atoms with Gasteiger partial charge in [0.05, 0.1) is 0 Å². The molecule has 1 aromatic rings. The highest BCUT2D eigenvalue weighted by Crippen LogP contribution is 2.17. The van der Waals surface area contributed by atoms with Gasteiger partial charge in [0.15, 0.2) is 5.69 Å². The lowest BCUT2D eigenvalue weighted by atomic mass is 10.2. The second-order valence-electron chi connectivity index (χ2n) is 3.48. The first kappa shape index (κ1) is 12.0. The zero-order valence-corrected chi connectivity index (χ0v) is 10.9. The first-order valence-electron chi connectivity index (χ1n) is 5.33. The van der Waals surface area contributed by atoms with Crippen LogP contribution in [0.15, 0.2) is 30.3 Å². The largest absolute Gasteiger partial charge is 0.314 e. The van der Waals surface area contributed by atoms with E-state index < -0.39 is 0 Å². The zero-order valence-electron chi connectivity index (χ0n) is 8.75. The maximum atomic E-state index is 2.39. The van der Waals surface area contributed by atoms with Gasteiger partial charge in [-0.25, -0.2) is 0 Å². The van der Waals surface area contributed by atoms with Crippen LogP contribution in [0.1, 0.15) is 32.6 Å². The van der Waals surface area contributed by atoms with Gasteiger partial charge in [0.1, 0.15) is 6.54 Å². The van der Waals surface area contributed by atoms with Crippen LogP contribution < -0.4 is 3.11 Å². The molecule has 0 saturated heterocycles. The van der Waals surface area contributed by atoms with Crippen molar-refractivity contribution >= 4 is 28.6 Å². The molecule has 2 heteroatoms. The molecule has 1 radical (unpaired) electrons. The molecule has 1 rings (SSSR count). The van der Waals surface area contributed by atoms with Crippen LogP contribution in [0.3, 0.4) is 0 Å². The number of benzene rings is 1. The van der Waals surface area contributed by atoms with Gasteiger partial charge in [-0.05, 0) is 6.42 Å². The minimum Gasteiger partial charge on any atom is -0.0723 e. The van der Waals surface area contributed by atoms with E-state index in [1.54, 1.807) is 0 Å². The number of hydrogen-bond donors (Lipinski definition) is 0. The third-order valence-corrected chi connectivity index (χ3v) is 3.28. The van der Waals surface area contributed by atoms with Gasteiger partial charge in [0.2, 0.25) is 0 Å². The summed E-state index contributed by atoms with van der Waals surface area (Å²) in [6.07, 6.45) is 5.32. The highest BCUT2D eigenvalue weighted by atomic mass is 127. The van der Waals surface area contributed by atoms with Crippen molar-refractivity contribution in [2.45, 2.75) is 32.6 Å². The molecule has 0 bridgehead atoms. The molecule has 0 amide bonds. The SMILES string of the molecule is CCCCCC[N+](I)c1ccccc1. The number of hydrogen-bond acceptors (Lipinski definition) is 1. The average Bonchev–Trinajstić information content (AvgIpc) is 2.25. The number of anilines is 1. The van der Waals surface area contributed by atoms with E-state index in [-0.39, 0.29) is 0 Å². The molecule has 0 fully saturated rings. The van der Waals surface area contributed by atoms with E-state index in [4.69, 9.17) is 0 Å². The summed E-state index contributed by atoms with van der Waals surface area (Å²) in [6, 6.07) is 10.6. The zero-order chi connectivity index (χ0) is 10.2. The summed E-state index contributed by atoms with van der Waals surface area (Å²) in [5.41, 5.74) is 1.31. The molecule has 0 heterocycles. The topological polar surface area (TPSA) is 5.90 Å². The predicted octanol–water partition coefficient (Wildman–Crippen LogP) is 4.39. The molecule has 0 saturated carbocycles. The summed E-state index contributed by atoms with van der Waals surface area (Å²) >= 11 is 2.39. The van der Waals surface area contributed by atoms with Crippen molar-refractivity contribution < 1.29 is 0 Å². The van der Waals surface area contributed by atoms with E-state index in [1.165, 1.54) is 31.4 Å². The lowest BCUT2D eigenvalue weighted by molar-refractivity contribution is 0.636. The molecule has 0 aliphatic rings. The van der Waals surface area contributed by atoms with E-state index in [1.807, 2.05) is 0 Å². The number of halogens is 1. The molecule has 0 atom stereocenters. The predicted molar refractivity (Wildman–Crippen MR) is 71.3 cm³/mol. The van der Waals surface area contributed by atoms with Crippen LogP contribution in [0, 0.1) is 0 Å². The van der Waals surface area contributed by atoms with Gasteiger partial charge in [-0.3, -0.25) is 0 Å². The molecular formula is C12H18IN+. The molecule has 14 heavy (non-hydrogen) atoms. The number of rotatable bonds is 6. The van der Waals surface area contributed by atoms with Crippen LogP contribution in [0.25, 0.3) is 0 Å². The second kappa shape index (κ2) is 7.23. The average molecular weight is 303 g/mol. The Labute approximate surface area is 101 Å². The third kappa shape index (κ3) is 4.42. The van der Waals surface area contributed by atoms with Crippen molar-refractivity contribution in [3.8, 4) is 0 Å². The van der Waals surface area contributed by atoms with Gasteiger partial charge in [0.25, 0.3) is 0 Å². The Morgan fingerprint density at radius 1 is 1.07 bits per heavy atom. The van der Waals surface area contributed by atoms with Gasteiger partial charge in [-0.2, -0.15) is 0 Å². The van der Waals surface area contributed by atoms with Crippen LogP contribution in [0.5, 0.6) is 0 Å². The first-order valence-corrected chi connectivity index (χ1v) is 6.29. The number of nitrogens with zero attached hydrogens (tertiary/aromatic N) is 1. The molecule has 1 aromatic carbocycles. The Morgan fingerprint density at radius 2 is 1.79 bits per heavy atom. The van der Waals surface area contributed by atoms with Crippen LogP contribution in [0.2, 0.25) is 0 Å². The fraction of sp³-hybridized carbons (Fsp3) is 0.500. The molecule has 0 unspecified atom stereocenters. The smallest absolute Gasteiger partial charge is 0.0723 e. The molecule has 77 valence electrons. The highest BCUT2D eigenvalue weighted by Gasteiger charge is 2.13. The summed E-state index contributed by atoms with van der Waals surface area (Å²) in [5, 5.41) is 0. The Balaban J connectivity index is 2.25. The fourth-order valence-electron chi connectivity index (χ4n) is 1.40. The summed E-state index contributed by atoms with van der Waals surface area (Å²) in [6.45, 7) is 3.41. The summed E-state index contributed by atoms with van der Waals surface area (Å²) in [5.74, 6) is 0. The van der Waals surface area contributed by atoms with Gasteiger partial charge in [0, 0.05) is 18.6 Å². The molecule has 0 spiro atoms. The van der Waals surface area contributed by atoms with Crippen LogP contribution in [-0.4, -0.2) is 6.54 Å². The molecule has 0 aliphatic heterocycles. The quantitative estimate of drug-likeness (QED) is 0.418. The lowest BCUT2D eigenvalue weighted by Gasteiger charge is -2.02. The van der Waals surface area contributed by atoms with Gasteiger partial charge in [-0.15, -0.1) is 0 Å². The molecule has 0 N–H and O–H groups in total. The van der Waals surface area contributed by atoms with Gasteiger partial charge in [-0.1, -0.05) is 41.1 Å². The monoisotopic (exact) mass is 303 g/mol. The number of para-hydroxylation sites is 1. The Kier molecular flexibility index (Phi) is 6.19. The molecule has 0 aliphatic carbocycles. The Hall–Kier alpha value is -0.0900. The molecule has 0 aromatic heterocycles. The standard InChI is InChI=1S/C12H18IN/c1-2-3-4-8-11-14(13)12-9-6-5-7-10-12/h5-7,9-10H,2-4,8,11H2,1H3/q+1. The van der Waals surface area contributed by atoms with Crippen LogP contribution >= 0.6 is 22.9 Å². The maximum Gasteiger partial charge on any atom is 0.314 e. The van der Waals surface area contributed by atoms with E-state index in [2.05, 4.69) is 63.2 Å². The Bertz CT molecular complexity index is 235. The van der Waals surface area contributed by atoms with Crippen molar-refractivity contribution in [2.24, 2.45) is 0 Å². The third-order valence-electron chi connectivity index (χ3n) is 2.24. The van der Waals surface area contributed by atoms with Crippen molar-refractivity contribution in [3.63, 3.8) is 0 Å². The van der Waals surface area contributed by atoms with E-state index in [0.29, 0.717) is 0 Å². The van der Waals surface area contributed by atoms with E-state index in [9.17, 15) is 0 Å². The second-order valence-corrected chi connectivity index (χ2v) is 4.65. The van der Waals surface area contributed by atoms with Crippen molar-refractivity contribution in [1.29, 1.82) is 0 Å². The van der Waals surface area contributed by atoms with Gasteiger partial charge < -0.3 is 0 Å². The minimum absolute atomic E-state index is 1.16. The number of unbranched alkanes of at least 4 members (excludes halogenated alkanes) is 3. The maximum absolute atomic E-state index is 2.39. The summed E-state index contributed by atoms with van der Waals surface area (Å²) < 4.78 is 2.30. The van der Waals surface area contributed by atoms with Crippen molar-refractivity contribution in [1.82, 2.24) is 3.11 Å². The van der Waals surface area contributed by atoms with Gasteiger partial charge >= 0.3 is 22.9 Å². The van der Waals surface area contributed by atoms with Crippen LogP contribution in [0.4, 0.5) is 5.69 Å². The van der Waals surface area contributed by atoms with Crippen molar-refractivity contribution in [2.75, 3.05) is 6.54 Å². The van der Waals surface area contributed by atoms with Crippen molar-refractivity contribution in [3.05, 3.63) is 30.3 Å². The van der Waals surface area contributed by atoms with E-state index in [0.717, 1.165) is 6.54 Å². The van der Waals surface area contributed by atoms with Crippen LogP contribution in [-0.2, 0) is 0 Å². The normalized spacial score (nSPS) is 10.8. The summed E-state index contributed by atoms with van der Waals surface area (Å²) in [4.78, 5) is 0. The lowest BCUT2D eigenvalue weighted by Crippen LogP contribution is -2.11. The Morgan fingerprint density at radius 3 is 2.43 bits per heavy atom. The van der Waals surface area contributed by atoms with E-state index >= 15 is 0 Å². The minimum atomic E-state index is 1.16.